The molecule has 7 nitrogen and oxygen atoms in total. The number of anilines is 1. The zero-order chi connectivity index (χ0) is 22.1. The van der Waals surface area contributed by atoms with Crippen molar-refractivity contribution in [1.29, 1.82) is 0 Å². The van der Waals surface area contributed by atoms with Crippen LogP contribution in [0.15, 0.2) is 53.9 Å². The van der Waals surface area contributed by atoms with Gasteiger partial charge >= 0.3 is 18.2 Å². The van der Waals surface area contributed by atoms with Crippen LogP contribution in [0.3, 0.4) is 0 Å². The van der Waals surface area contributed by atoms with E-state index in [1.165, 1.54) is 37.4 Å². The summed E-state index contributed by atoms with van der Waals surface area (Å²) >= 11 is 0. The van der Waals surface area contributed by atoms with Crippen LogP contribution in [0.1, 0.15) is 34.6 Å². The number of hydrogen-bond acceptors (Lipinski definition) is 5. The minimum atomic E-state index is -4.60. The second kappa shape index (κ2) is 7.97. The van der Waals surface area contributed by atoms with Crippen molar-refractivity contribution >= 4 is 24.0 Å². The molecule has 1 aromatic carbocycles. The molecule has 10 heteroatoms. The normalized spacial score (nSPS) is 16.9. The molecule has 0 spiro atoms. The quantitative estimate of drug-likeness (QED) is 0.604. The zero-order valence-corrected chi connectivity index (χ0v) is 15.9. The topological polar surface area (TPSA) is 88.6 Å². The van der Waals surface area contributed by atoms with Crippen LogP contribution in [-0.2, 0) is 15.7 Å². The largest absolute Gasteiger partial charge is 0.466 e. The SMILES string of the molecule is COC(=O)C1=C(C)N(c2cccc(C(F)(F)F)c2)C(=O)NC1c1ccc(C=O)nc1. The molecule has 1 aliphatic rings. The van der Waals surface area contributed by atoms with Crippen molar-refractivity contribution in [1.82, 2.24) is 10.3 Å². The van der Waals surface area contributed by atoms with Crippen LogP contribution in [0.5, 0.6) is 0 Å². The average molecular weight is 419 g/mol. The van der Waals surface area contributed by atoms with E-state index in [4.69, 9.17) is 4.74 Å². The smallest absolute Gasteiger partial charge is 0.416 e. The predicted octanol–water partition coefficient (Wildman–Crippen LogP) is 3.63. The number of pyridine rings is 1. The van der Waals surface area contributed by atoms with E-state index in [-0.39, 0.29) is 22.7 Å². The summed E-state index contributed by atoms with van der Waals surface area (Å²) in [5.41, 5.74) is -0.307. The van der Waals surface area contributed by atoms with E-state index >= 15 is 0 Å². The number of halogens is 3. The molecule has 2 aromatic rings. The number of alkyl halides is 3. The third kappa shape index (κ3) is 3.88. The van der Waals surface area contributed by atoms with Crippen LogP contribution in [0, 0.1) is 0 Å². The molecule has 0 saturated heterocycles. The number of allylic oxidation sites excluding steroid dienone is 1. The molecule has 1 unspecified atom stereocenters. The summed E-state index contributed by atoms with van der Waals surface area (Å²) in [5.74, 6) is -0.770. The highest BCUT2D eigenvalue weighted by Gasteiger charge is 2.38. The van der Waals surface area contributed by atoms with Gasteiger partial charge in [0.05, 0.1) is 30.0 Å². The van der Waals surface area contributed by atoms with Crippen LogP contribution in [0.4, 0.5) is 23.7 Å². The van der Waals surface area contributed by atoms with Gasteiger partial charge in [-0.2, -0.15) is 13.2 Å². The summed E-state index contributed by atoms with van der Waals surface area (Å²) < 4.78 is 44.1. The Labute approximate surface area is 169 Å². The summed E-state index contributed by atoms with van der Waals surface area (Å²) in [6, 6.07) is 5.44. The Bertz CT molecular complexity index is 1030. The number of hydrogen-bond donors (Lipinski definition) is 1. The second-order valence-corrected chi connectivity index (χ2v) is 6.39. The molecule has 1 aromatic heterocycles. The standard InChI is InChI=1S/C20H16F3N3O4/c1-11-16(18(28)30-2)17(12-6-7-14(10-27)24-9-12)25-19(29)26(11)15-5-3-4-13(8-15)20(21,22)23/h3-10,17H,1-2H3,(H,25,29). The Kier molecular flexibility index (Phi) is 5.59. The van der Waals surface area contributed by atoms with Gasteiger partial charge in [-0.15, -0.1) is 0 Å². The number of nitrogens with one attached hydrogen (secondary N) is 1. The van der Waals surface area contributed by atoms with Crippen LogP contribution in [-0.4, -0.2) is 30.4 Å². The molecule has 1 aliphatic heterocycles. The first-order valence-corrected chi connectivity index (χ1v) is 8.65. The van der Waals surface area contributed by atoms with E-state index in [0.29, 0.717) is 11.8 Å². The van der Waals surface area contributed by atoms with Crippen molar-refractivity contribution in [3.8, 4) is 0 Å². The number of urea groups is 1. The van der Waals surface area contributed by atoms with Gasteiger partial charge in [-0.3, -0.25) is 14.7 Å². The van der Waals surface area contributed by atoms with Crippen LogP contribution in [0.2, 0.25) is 0 Å². The van der Waals surface area contributed by atoms with Gasteiger partial charge in [0.2, 0.25) is 0 Å². The van der Waals surface area contributed by atoms with Crippen LogP contribution < -0.4 is 10.2 Å². The number of ether oxygens (including phenoxy) is 1. The lowest BCUT2D eigenvalue weighted by molar-refractivity contribution is -0.138. The van der Waals surface area contributed by atoms with Gasteiger partial charge < -0.3 is 10.1 Å². The Morgan fingerprint density at radius 2 is 2.00 bits per heavy atom. The number of aldehydes is 1. The maximum absolute atomic E-state index is 13.1. The van der Waals surface area contributed by atoms with Crippen molar-refractivity contribution in [3.63, 3.8) is 0 Å². The van der Waals surface area contributed by atoms with Gasteiger partial charge in [0, 0.05) is 11.9 Å². The highest BCUT2D eigenvalue weighted by molar-refractivity contribution is 6.03. The number of carbonyl (C=O) groups is 3. The van der Waals surface area contributed by atoms with Crippen molar-refractivity contribution < 1.29 is 32.3 Å². The van der Waals surface area contributed by atoms with E-state index < -0.39 is 29.8 Å². The van der Waals surface area contributed by atoms with Crippen molar-refractivity contribution in [2.24, 2.45) is 0 Å². The van der Waals surface area contributed by atoms with Gasteiger partial charge in [-0.05, 0) is 36.8 Å². The Morgan fingerprint density at radius 1 is 1.27 bits per heavy atom. The fraction of sp³-hybridized carbons (Fsp3) is 0.200. The van der Waals surface area contributed by atoms with E-state index in [9.17, 15) is 27.6 Å². The monoisotopic (exact) mass is 419 g/mol. The molecule has 0 radical (unpaired) electrons. The van der Waals surface area contributed by atoms with Gasteiger partial charge in [-0.25, -0.2) is 9.59 Å². The molecule has 0 bridgehead atoms. The Hall–Kier alpha value is -3.69. The number of benzene rings is 1. The second-order valence-electron chi connectivity index (χ2n) is 6.39. The number of methoxy groups -OCH3 is 1. The number of nitrogens with zero attached hydrogens (tertiary/aromatic N) is 2. The number of carbonyl (C=O) groups excluding carboxylic acids is 3. The summed E-state index contributed by atoms with van der Waals surface area (Å²) in [6.07, 6.45) is -2.73. The molecule has 1 atom stereocenters. The van der Waals surface area contributed by atoms with Crippen LogP contribution >= 0.6 is 0 Å². The minimum absolute atomic E-state index is 0.0233. The molecular formula is C20H16F3N3O4. The molecular weight excluding hydrogens is 403 g/mol. The molecule has 156 valence electrons. The highest BCUT2D eigenvalue weighted by atomic mass is 19.4. The lowest BCUT2D eigenvalue weighted by Crippen LogP contribution is -2.48. The number of rotatable bonds is 4. The number of aromatic nitrogens is 1. The van der Waals surface area contributed by atoms with E-state index in [1.807, 2.05) is 0 Å². The molecule has 30 heavy (non-hydrogen) atoms. The fourth-order valence-corrected chi connectivity index (χ4v) is 3.16. The van der Waals surface area contributed by atoms with E-state index in [1.54, 1.807) is 0 Å². The number of esters is 1. The predicted molar refractivity (Wildman–Crippen MR) is 99.5 cm³/mol. The lowest BCUT2D eigenvalue weighted by Gasteiger charge is -2.35. The van der Waals surface area contributed by atoms with Gasteiger partial charge in [-0.1, -0.05) is 12.1 Å². The molecule has 3 rings (SSSR count). The first-order valence-electron chi connectivity index (χ1n) is 8.65. The van der Waals surface area contributed by atoms with Crippen molar-refractivity contribution in [2.45, 2.75) is 19.1 Å². The number of amides is 2. The molecule has 0 saturated carbocycles. The lowest BCUT2D eigenvalue weighted by atomic mass is 9.95. The summed E-state index contributed by atoms with van der Waals surface area (Å²) in [6.45, 7) is 1.44. The average Bonchev–Trinajstić information content (AvgIpc) is 2.72. The first-order chi connectivity index (χ1) is 14.2. The highest BCUT2D eigenvalue weighted by Crippen LogP contribution is 2.36. The maximum Gasteiger partial charge on any atom is 0.416 e. The van der Waals surface area contributed by atoms with Gasteiger partial charge in [0.15, 0.2) is 6.29 Å². The van der Waals surface area contributed by atoms with Crippen molar-refractivity contribution in [2.75, 3.05) is 12.0 Å². The molecule has 2 amide bonds. The molecule has 0 fully saturated rings. The van der Waals surface area contributed by atoms with E-state index in [0.717, 1.165) is 24.1 Å². The Balaban J connectivity index is 2.12. The van der Waals surface area contributed by atoms with Crippen LogP contribution in [0.25, 0.3) is 0 Å². The molecule has 0 aliphatic carbocycles. The zero-order valence-electron chi connectivity index (χ0n) is 15.9. The maximum atomic E-state index is 13.1. The van der Waals surface area contributed by atoms with Crippen molar-refractivity contribution in [3.05, 3.63) is 70.7 Å². The van der Waals surface area contributed by atoms with Gasteiger partial charge in [0.1, 0.15) is 5.69 Å². The fourth-order valence-electron chi connectivity index (χ4n) is 3.16. The Morgan fingerprint density at radius 3 is 2.57 bits per heavy atom. The first kappa shape index (κ1) is 21.0. The summed E-state index contributed by atoms with van der Waals surface area (Å²) in [7, 11) is 1.15. The third-order valence-corrected chi connectivity index (χ3v) is 4.59. The minimum Gasteiger partial charge on any atom is -0.466 e. The third-order valence-electron chi connectivity index (χ3n) is 4.59. The van der Waals surface area contributed by atoms with E-state index in [2.05, 4.69) is 10.3 Å². The summed E-state index contributed by atoms with van der Waals surface area (Å²) in [5, 5.41) is 2.59. The molecule has 2 heterocycles. The molecule has 1 N–H and O–H groups in total. The summed E-state index contributed by atoms with van der Waals surface area (Å²) in [4.78, 5) is 41.0. The van der Waals surface area contributed by atoms with Gasteiger partial charge in [0.25, 0.3) is 0 Å².